The zero-order valence-electron chi connectivity index (χ0n) is 16.9. The largest absolute Gasteiger partial charge is 0.497 e. The first-order valence-corrected chi connectivity index (χ1v) is 9.05. The molecule has 1 aromatic heterocycles. The van der Waals surface area contributed by atoms with Gasteiger partial charge in [0, 0.05) is 11.1 Å². The van der Waals surface area contributed by atoms with E-state index in [0.717, 1.165) is 0 Å². The van der Waals surface area contributed by atoms with E-state index in [1.807, 2.05) is 6.92 Å². The average Bonchev–Trinajstić information content (AvgIpc) is 2.73. The summed E-state index contributed by atoms with van der Waals surface area (Å²) in [7, 11) is 2.94. The SMILES string of the molecule is CCOc1cc2c(C)nc(OC(=O)c3ccc(OC)cc3)c([N+](=O)[O-])c2cc1OC. The van der Waals surface area contributed by atoms with E-state index in [0.29, 0.717) is 34.9 Å². The molecule has 0 amide bonds. The highest BCUT2D eigenvalue weighted by molar-refractivity contribution is 5.98. The normalized spacial score (nSPS) is 10.5. The summed E-state index contributed by atoms with van der Waals surface area (Å²) < 4.78 is 21.2. The molecule has 0 aliphatic carbocycles. The van der Waals surface area contributed by atoms with Crippen molar-refractivity contribution in [1.82, 2.24) is 4.98 Å². The van der Waals surface area contributed by atoms with Crippen LogP contribution in [0, 0.1) is 17.0 Å². The minimum atomic E-state index is -0.773. The number of benzene rings is 2. The van der Waals surface area contributed by atoms with Crippen molar-refractivity contribution in [2.24, 2.45) is 0 Å². The number of ether oxygens (including phenoxy) is 4. The highest BCUT2D eigenvalue weighted by Crippen LogP contribution is 2.41. The van der Waals surface area contributed by atoms with Gasteiger partial charge in [-0.1, -0.05) is 0 Å². The highest BCUT2D eigenvalue weighted by atomic mass is 16.6. The number of pyridine rings is 1. The Hall–Kier alpha value is -3.88. The van der Waals surface area contributed by atoms with Gasteiger partial charge in [0.1, 0.15) is 5.75 Å². The molecule has 0 N–H and O–H groups in total. The monoisotopic (exact) mass is 412 g/mol. The van der Waals surface area contributed by atoms with Crippen molar-refractivity contribution in [1.29, 1.82) is 0 Å². The average molecular weight is 412 g/mol. The molecule has 0 radical (unpaired) electrons. The topological polar surface area (TPSA) is 110 Å². The van der Waals surface area contributed by atoms with E-state index in [9.17, 15) is 14.9 Å². The molecule has 30 heavy (non-hydrogen) atoms. The van der Waals surface area contributed by atoms with Crippen LogP contribution in [0.4, 0.5) is 5.69 Å². The van der Waals surface area contributed by atoms with E-state index >= 15 is 0 Å². The third kappa shape index (κ3) is 3.95. The van der Waals surface area contributed by atoms with Gasteiger partial charge in [0.25, 0.3) is 0 Å². The molecule has 9 nitrogen and oxygen atoms in total. The van der Waals surface area contributed by atoms with Crippen molar-refractivity contribution in [3.8, 4) is 23.1 Å². The van der Waals surface area contributed by atoms with Crippen LogP contribution in [0.25, 0.3) is 10.8 Å². The third-order valence-corrected chi connectivity index (χ3v) is 4.42. The van der Waals surface area contributed by atoms with E-state index in [1.54, 1.807) is 25.1 Å². The molecule has 2 aromatic carbocycles. The number of aryl methyl sites for hydroxylation is 1. The first kappa shape index (κ1) is 20.8. The molecule has 0 aliphatic rings. The lowest BCUT2D eigenvalue weighted by molar-refractivity contribution is -0.384. The van der Waals surface area contributed by atoms with Gasteiger partial charge in [-0.25, -0.2) is 9.78 Å². The van der Waals surface area contributed by atoms with Gasteiger partial charge in [-0.3, -0.25) is 10.1 Å². The van der Waals surface area contributed by atoms with Crippen LogP contribution in [0.2, 0.25) is 0 Å². The molecular weight excluding hydrogens is 392 g/mol. The Morgan fingerprint density at radius 3 is 2.30 bits per heavy atom. The first-order chi connectivity index (χ1) is 14.4. The smallest absolute Gasteiger partial charge is 0.345 e. The molecule has 3 rings (SSSR count). The molecule has 0 saturated heterocycles. The highest BCUT2D eigenvalue weighted by Gasteiger charge is 2.27. The van der Waals surface area contributed by atoms with Crippen LogP contribution < -0.4 is 18.9 Å². The van der Waals surface area contributed by atoms with E-state index in [2.05, 4.69) is 4.98 Å². The first-order valence-electron chi connectivity index (χ1n) is 9.05. The van der Waals surface area contributed by atoms with Gasteiger partial charge >= 0.3 is 17.5 Å². The van der Waals surface area contributed by atoms with E-state index in [-0.39, 0.29) is 10.9 Å². The number of fused-ring (bicyclic) bond motifs is 1. The summed E-state index contributed by atoms with van der Waals surface area (Å²) in [6, 6.07) is 9.28. The second-order valence-electron chi connectivity index (χ2n) is 6.21. The number of nitro groups is 1. The van der Waals surface area contributed by atoms with Crippen LogP contribution in [0.1, 0.15) is 23.0 Å². The third-order valence-electron chi connectivity index (χ3n) is 4.42. The molecule has 0 spiro atoms. The molecule has 3 aromatic rings. The van der Waals surface area contributed by atoms with Crippen LogP contribution in [0.3, 0.4) is 0 Å². The van der Waals surface area contributed by atoms with Crippen molar-refractivity contribution in [3.63, 3.8) is 0 Å². The minimum Gasteiger partial charge on any atom is -0.497 e. The van der Waals surface area contributed by atoms with Crippen molar-refractivity contribution in [2.45, 2.75) is 13.8 Å². The summed E-state index contributed by atoms with van der Waals surface area (Å²) in [5.74, 6) is 0.163. The molecule has 0 aliphatic heterocycles. The molecule has 0 bridgehead atoms. The second-order valence-corrected chi connectivity index (χ2v) is 6.21. The van der Waals surface area contributed by atoms with Crippen LogP contribution in [0.15, 0.2) is 36.4 Å². The van der Waals surface area contributed by atoms with Gasteiger partial charge in [-0.15, -0.1) is 0 Å². The fourth-order valence-corrected chi connectivity index (χ4v) is 2.99. The Morgan fingerprint density at radius 1 is 1.07 bits per heavy atom. The number of hydrogen-bond acceptors (Lipinski definition) is 8. The van der Waals surface area contributed by atoms with Gasteiger partial charge in [-0.2, -0.15) is 0 Å². The van der Waals surface area contributed by atoms with Crippen molar-refractivity contribution >= 4 is 22.4 Å². The van der Waals surface area contributed by atoms with Crippen molar-refractivity contribution < 1.29 is 28.7 Å². The maximum atomic E-state index is 12.5. The lowest BCUT2D eigenvalue weighted by atomic mass is 10.1. The Morgan fingerprint density at radius 2 is 1.73 bits per heavy atom. The van der Waals surface area contributed by atoms with Gasteiger partial charge in [-0.05, 0) is 50.2 Å². The van der Waals surface area contributed by atoms with Crippen LogP contribution in [-0.2, 0) is 0 Å². The standard InChI is InChI=1S/C21H20N2O7/c1-5-29-18-10-15-12(2)22-20(19(23(25)26)16(15)11-17(18)28-4)30-21(24)13-6-8-14(27-3)9-7-13/h6-11H,5H2,1-4H3. The van der Waals surface area contributed by atoms with Crippen molar-refractivity contribution in [2.75, 3.05) is 20.8 Å². The van der Waals surface area contributed by atoms with E-state index < -0.39 is 22.5 Å². The molecule has 1 heterocycles. The Balaban J connectivity index is 2.11. The molecule has 0 fully saturated rings. The molecule has 0 atom stereocenters. The predicted octanol–water partition coefficient (Wildman–Crippen LogP) is 4.09. The number of carbonyl (C=O) groups is 1. The molecule has 156 valence electrons. The fourth-order valence-electron chi connectivity index (χ4n) is 2.99. The summed E-state index contributed by atoms with van der Waals surface area (Å²) in [6.07, 6.45) is 0. The van der Waals surface area contributed by atoms with Gasteiger partial charge in [0.15, 0.2) is 11.5 Å². The summed E-state index contributed by atoms with van der Waals surface area (Å²) in [5, 5.41) is 12.6. The number of esters is 1. The van der Waals surface area contributed by atoms with Crippen LogP contribution in [0.5, 0.6) is 23.1 Å². The van der Waals surface area contributed by atoms with Crippen LogP contribution >= 0.6 is 0 Å². The van der Waals surface area contributed by atoms with Gasteiger partial charge in [0.05, 0.1) is 36.7 Å². The lowest BCUT2D eigenvalue weighted by Crippen LogP contribution is -2.12. The second kappa shape index (κ2) is 8.64. The number of rotatable bonds is 7. The zero-order chi connectivity index (χ0) is 21.8. The summed E-state index contributed by atoms with van der Waals surface area (Å²) >= 11 is 0. The Bertz CT molecular complexity index is 1110. The van der Waals surface area contributed by atoms with E-state index in [4.69, 9.17) is 18.9 Å². The summed E-state index contributed by atoms with van der Waals surface area (Å²) in [6.45, 7) is 3.88. The van der Waals surface area contributed by atoms with Gasteiger partial charge < -0.3 is 18.9 Å². The predicted molar refractivity (Wildman–Crippen MR) is 109 cm³/mol. The number of hydrogen-bond donors (Lipinski definition) is 0. The van der Waals surface area contributed by atoms with Crippen LogP contribution in [-0.4, -0.2) is 36.7 Å². The number of methoxy groups -OCH3 is 2. The van der Waals surface area contributed by atoms with E-state index in [1.165, 1.54) is 32.4 Å². The zero-order valence-corrected chi connectivity index (χ0v) is 16.9. The molecule has 9 heteroatoms. The minimum absolute atomic E-state index is 0.203. The number of carbonyl (C=O) groups excluding carboxylic acids is 1. The maximum absolute atomic E-state index is 12.5. The molecular formula is C21H20N2O7. The summed E-state index contributed by atoms with van der Waals surface area (Å²) in [4.78, 5) is 27.9. The van der Waals surface area contributed by atoms with Crippen molar-refractivity contribution in [3.05, 3.63) is 57.8 Å². The Labute approximate surface area is 172 Å². The molecule has 0 saturated carbocycles. The maximum Gasteiger partial charge on any atom is 0.345 e. The fraction of sp³-hybridized carbons (Fsp3) is 0.238. The quantitative estimate of drug-likeness (QED) is 0.324. The summed E-state index contributed by atoms with van der Waals surface area (Å²) in [5.41, 5.74) is 0.212. The number of nitrogens with zero attached hydrogens (tertiary/aromatic N) is 2. The Kier molecular flexibility index (Phi) is 6.01. The molecule has 0 unspecified atom stereocenters. The lowest BCUT2D eigenvalue weighted by Gasteiger charge is -2.13. The van der Waals surface area contributed by atoms with Gasteiger partial charge in [0.2, 0.25) is 0 Å². The number of aromatic nitrogens is 1.